The van der Waals surface area contributed by atoms with Gasteiger partial charge >= 0.3 is 0 Å². The largest absolute Gasteiger partial charge is 0.336 e. The zero-order valence-corrected chi connectivity index (χ0v) is 19.9. The second kappa shape index (κ2) is 9.73. The highest BCUT2D eigenvalue weighted by Crippen LogP contribution is 2.20. The average molecular weight is 456 g/mol. The summed E-state index contributed by atoms with van der Waals surface area (Å²) in [4.78, 5) is 17.5. The summed E-state index contributed by atoms with van der Waals surface area (Å²) in [7, 11) is -3.53. The molecule has 0 radical (unpaired) electrons. The fourth-order valence-electron chi connectivity index (χ4n) is 4.61. The van der Waals surface area contributed by atoms with Crippen LogP contribution in [-0.2, 0) is 16.6 Å². The van der Waals surface area contributed by atoms with E-state index in [-0.39, 0.29) is 5.91 Å². The van der Waals surface area contributed by atoms with E-state index in [1.54, 1.807) is 17.0 Å². The van der Waals surface area contributed by atoms with Crippen molar-refractivity contribution >= 4 is 15.9 Å². The molecule has 2 fully saturated rings. The molecule has 1 atom stereocenters. The third-order valence-electron chi connectivity index (χ3n) is 6.53. The first-order valence-corrected chi connectivity index (χ1v) is 12.9. The number of hydrogen-bond acceptors (Lipinski definition) is 4. The number of carbonyl (C=O) groups is 1. The highest BCUT2D eigenvalue weighted by atomic mass is 32.2. The Morgan fingerprint density at radius 2 is 1.59 bits per heavy atom. The zero-order chi connectivity index (χ0) is 22.7. The maximum absolute atomic E-state index is 13.0. The van der Waals surface area contributed by atoms with E-state index < -0.39 is 10.0 Å². The Morgan fingerprint density at radius 1 is 0.938 bits per heavy atom. The van der Waals surface area contributed by atoms with Crippen LogP contribution in [0.15, 0.2) is 53.4 Å². The van der Waals surface area contributed by atoms with Gasteiger partial charge in [0.1, 0.15) is 0 Å². The van der Waals surface area contributed by atoms with Crippen molar-refractivity contribution in [3.05, 3.63) is 65.2 Å². The van der Waals surface area contributed by atoms with Crippen LogP contribution >= 0.6 is 0 Å². The predicted octanol–water partition coefficient (Wildman–Crippen LogP) is 3.37. The number of aryl methyl sites for hydroxylation is 1. The van der Waals surface area contributed by atoms with Gasteiger partial charge in [-0.05, 0) is 62.1 Å². The predicted molar refractivity (Wildman–Crippen MR) is 126 cm³/mol. The number of likely N-dealkylation sites (tertiary alicyclic amines) is 1. The highest BCUT2D eigenvalue weighted by molar-refractivity contribution is 7.89. The molecule has 6 nitrogen and oxygen atoms in total. The fraction of sp³-hybridized carbons (Fsp3) is 0.480. The summed E-state index contributed by atoms with van der Waals surface area (Å²) in [5.41, 5.74) is 2.91. The number of rotatable bonds is 5. The maximum Gasteiger partial charge on any atom is 0.253 e. The van der Waals surface area contributed by atoms with E-state index >= 15 is 0 Å². The first-order chi connectivity index (χ1) is 15.3. The standard InChI is InChI=1S/C25H33N3O3S/c1-20-5-11-24(12-6-20)32(30,31)28-16-14-27(15-17-28)25(29)23-9-7-22(8-10-23)19-26-13-3-4-21(2)18-26/h5-12,21H,3-4,13-19H2,1-2H3/t21-/m1/s1. The molecule has 2 aromatic rings. The molecular formula is C25H33N3O3S. The first kappa shape index (κ1) is 23.0. The van der Waals surface area contributed by atoms with Gasteiger partial charge in [0.15, 0.2) is 0 Å². The number of sulfonamides is 1. The van der Waals surface area contributed by atoms with Crippen LogP contribution in [0.1, 0.15) is 41.3 Å². The summed E-state index contributed by atoms with van der Waals surface area (Å²) in [6.07, 6.45) is 2.56. The Bertz CT molecular complexity index is 1030. The lowest BCUT2D eigenvalue weighted by molar-refractivity contribution is 0.0698. The molecule has 172 valence electrons. The third kappa shape index (κ3) is 5.22. The first-order valence-electron chi connectivity index (χ1n) is 11.5. The lowest BCUT2D eigenvalue weighted by Gasteiger charge is -2.34. The van der Waals surface area contributed by atoms with Gasteiger partial charge in [0.05, 0.1) is 4.90 Å². The molecule has 0 unspecified atom stereocenters. The molecule has 2 aliphatic heterocycles. The molecule has 32 heavy (non-hydrogen) atoms. The minimum Gasteiger partial charge on any atom is -0.336 e. The highest BCUT2D eigenvalue weighted by Gasteiger charge is 2.30. The number of benzene rings is 2. The second-order valence-electron chi connectivity index (χ2n) is 9.19. The number of amides is 1. The monoisotopic (exact) mass is 455 g/mol. The van der Waals surface area contributed by atoms with Crippen molar-refractivity contribution in [2.75, 3.05) is 39.3 Å². The van der Waals surface area contributed by atoms with Crippen LogP contribution in [0.2, 0.25) is 0 Å². The Balaban J connectivity index is 1.33. The van der Waals surface area contributed by atoms with Crippen molar-refractivity contribution in [1.82, 2.24) is 14.1 Å². The lowest BCUT2D eigenvalue weighted by Crippen LogP contribution is -2.50. The minimum absolute atomic E-state index is 0.0319. The summed E-state index contributed by atoms with van der Waals surface area (Å²) >= 11 is 0. The molecule has 2 aliphatic rings. The smallest absolute Gasteiger partial charge is 0.253 e. The number of carbonyl (C=O) groups excluding carboxylic acids is 1. The Labute approximate surface area is 191 Å². The normalized spacial score (nSPS) is 20.9. The van der Waals surface area contributed by atoms with Gasteiger partial charge in [0.25, 0.3) is 5.91 Å². The van der Waals surface area contributed by atoms with Crippen LogP contribution in [0.3, 0.4) is 0 Å². The van der Waals surface area contributed by atoms with Crippen LogP contribution in [0.25, 0.3) is 0 Å². The SMILES string of the molecule is Cc1ccc(S(=O)(=O)N2CCN(C(=O)c3ccc(CN4CCC[C@@H](C)C4)cc3)CC2)cc1. The van der Waals surface area contributed by atoms with Crippen LogP contribution in [-0.4, -0.2) is 67.7 Å². The van der Waals surface area contributed by atoms with E-state index in [1.807, 2.05) is 43.3 Å². The number of piperazine rings is 1. The van der Waals surface area contributed by atoms with Gasteiger partial charge in [-0.15, -0.1) is 0 Å². The van der Waals surface area contributed by atoms with Gasteiger partial charge in [-0.25, -0.2) is 8.42 Å². The molecule has 0 aliphatic carbocycles. The van der Waals surface area contributed by atoms with E-state index in [4.69, 9.17) is 0 Å². The van der Waals surface area contributed by atoms with E-state index in [0.717, 1.165) is 31.1 Å². The van der Waals surface area contributed by atoms with Crippen LogP contribution in [0.5, 0.6) is 0 Å². The lowest BCUT2D eigenvalue weighted by atomic mass is 9.99. The van der Waals surface area contributed by atoms with Crippen molar-refractivity contribution in [1.29, 1.82) is 0 Å². The molecular weight excluding hydrogens is 422 g/mol. The summed E-state index contributed by atoms with van der Waals surface area (Å²) < 4.78 is 27.2. The molecule has 0 bridgehead atoms. The van der Waals surface area contributed by atoms with E-state index in [1.165, 1.54) is 22.7 Å². The van der Waals surface area contributed by atoms with Gasteiger partial charge in [0.2, 0.25) is 10.0 Å². The van der Waals surface area contributed by atoms with Crippen molar-refractivity contribution < 1.29 is 13.2 Å². The number of nitrogens with zero attached hydrogens (tertiary/aromatic N) is 3. The van der Waals surface area contributed by atoms with Crippen LogP contribution in [0, 0.1) is 12.8 Å². The molecule has 4 rings (SSSR count). The number of piperidine rings is 1. The second-order valence-corrected chi connectivity index (χ2v) is 11.1. The summed E-state index contributed by atoms with van der Waals surface area (Å²) in [6.45, 7) is 8.86. The number of hydrogen-bond donors (Lipinski definition) is 0. The molecule has 0 aromatic heterocycles. The maximum atomic E-state index is 13.0. The molecule has 0 spiro atoms. The topological polar surface area (TPSA) is 60.9 Å². The minimum atomic E-state index is -3.53. The molecule has 1 amide bonds. The van der Waals surface area contributed by atoms with Gasteiger partial charge in [0, 0.05) is 44.8 Å². The Kier molecular flexibility index (Phi) is 6.98. The zero-order valence-electron chi connectivity index (χ0n) is 19.0. The van der Waals surface area contributed by atoms with Gasteiger partial charge in [-0.1, -0.05) is 36.8 Å². The summed E-state index contributed by atoms with van der Waals surface area (Å²) in [5.74, 6) is 0.716. The molecule has 2 heterocycles. The van der Waals surface area contributed by atoms with Crippen molar-refractivity contribution in [2.24, 2.45) is 5.92 Å². The van der Waals surface area contributed by atoms with E-state index in [9.17, 15) is 13.2 Å². The van der Waals surface area contributed by atoms with Gasteiger partial charge < -0.3 is 4.90 Å². The molecule has 7 heteroatoms. The Hall–Kier alpha value is -2.22. The van der Waals surface area contributed by atoms with Crippen LogP contribution < -0.4 is 0 Å². The van der Waals surface area contributed by atoms with Crippen molar-refractivity contribution in [3.8, 4) is 0 Å². The molecule has 2 saturated heterocycles. The van der Waals surface area contributed by atoms with Crippen LogP contribution in [0.4, 0.5) is 0 Å². The summed E-state index contributed by atoms with van der Waals surface area (Å²) in [6, 6.07) is 14.8. The third-order valence-corrected chi connectivity index (χ3v) is 8.45. The van der Waals surface area contributed by atoms with Crippen molar-refractivity contribution in [3.63, 3.8) is 0 Å². The molecule has 2 aromatic carbocycles. The van der Waals surface area contributed by atoms with E-state index in [2.05, 4.69) is 11.8 Å². The van der Waals surface area contributed by atoms with Gasteiger partial charge in [-0.3, -0.25) is 9.69 Å². The van der Waals surface area contributed by atoms with Crippen molar-refractivity contribution in [2.45, 2.75) is 38.1 Å². The fourth-order valence-corrected chi connectivity index (χ4v) is 6.04. The molecule has 0 saturated carbocycles. The average Bonchev–Trinajstić information content (AvgIpc) is 2.79. The summed E-state index contributed by atoms with van der Waals surface area (Å²) in [5, 5.41) is 0. The Morgan fingerprint density at radius 3 is 2.22 bits per heavy atom. The van der Waals surface area contributed by atoms with Gasteiger partial charge in [-0.2, -0.15) is 4.31 Å². The van der Waals surface area contributed by atoms with E-state index in [0.29, 0.717) is 36.6 Å². The molecule has 0 N–H and O–H groups in total. The quantitative estimate of drug-likeness (QED) is 0.694.